The molecule has 0 aliphatic heterocycles. The van der Waals surface area contributed by atoms with Gasteiger partial charge in [-0.2, -0.15) is 5.10 Å². The predicted molar refractivity (Wildman–Crippen MR) is 133 cm³/mol. The summed E-state index contributed by atoms with van der Waals surface area (Å²) in [5.74, 6) is 2.78. The number of hydrazone groups is 1. The van der Waals surface area contributed by atoms with Crippen LogP contribution in [0.25, 0.3) is 0 Å². The molecule has 1 atom stereocenters. The summed E-state index contributed by atoms with van der Waals surface area (Å²) in [6.07, 6.45) is 0.864. The number of benzene rings is 1. The Morgan fingerprint density at radius 3 is 2.46 bits per heavy atom. The molecule has 0 fully saturated rings. The minimum atomic E-state index is -0.736. The summed E-state index contributed by atoms with van der Waals surface area (Å²) < 4.78 is 22.6. The predicted octanol–water partition coefficient (Wildman–Crippen LogP) is 3.64. The van der Waals surface area contributed by atoms with E-state index in [1.54, 1.807) is 24.5 Å². The number of β-amino-alcohol motifs (C(OH)–C–C–N with tert-alkyl or cyclic N) is 1. The average Bonchev–Trinajstić information content (AvgIpc) is 3.37. The summed E-state index contributed by atoms with van der Waals surface area (Å²) in [6, 6.07) is 14.4. The van der Waals surface area contributed by atoms with Gasteiger partial charge in [0, 0.05) is 23.9 Å². The van der Waals surface area contributed by atoms with Crippen LogP contribution < -0.4 is 25.0 Å². The average molecular weight is 484 g/mol. The lowest BCUT2D eigenvalue weighted by Crippen LogP contribution is -2.48. The Morgan fingerprint density at radius 1 is 1.03 bits per heavy atom. The van der Waals surface area contributed by atoms with Crippen LogP contribution in [0.15, 0.2) is 64.3 Å². The van der Waals surface area contributed by atoms with E-state index < -0.39 is 11.6 Å². The van der Waals surface area contributed by atoms with E-state index in [2.05, 4.69) is 26.0 Å². The summed E-state index contributed by atoms with van der Waals surface area (Å²) in [7, 11) is 0. The number of para-hydroxylation sites is 2. The van der Waals surface area contributed by atoms with Crippen LogP contribution in [-0.2, 0) is 6.61 Å². The highest BCUT2D eigenvalue weighted by Gasteiger charge is 2.20. The molecule has 2 aromatic heterocycles. The smallest absolute Gasteiger partial charge is 0.233 e. The van der Waals surface area contributed by atoms with Gasteiger partial charge in [0.15, 0.2) is 17.3 Å². The van der Waals surface area contributed by atoms with E-state index in [-0.39, 0.29) is 6.61 Å². The van der Waals surface area contributed by atoms with Gasteiger partial charge in [0.1, 0.15) is 31.7 Å². The van der Waals surface area contributed by atoms with Gasteiger partial charge in [-0.3, -0.25) is 5.43 Å². The van der Waals surface area contributed by atoms with Crippen LogP contribution in [0.3, 0.4) is 0 Å². The number of aromatic nitrogens is 2. The van der Waals surface area contributed by atoms with E-state index in [1.165, 1.54) is 0 Å². The molecule has 1 aromatic carbocycles. The highest BCUT2D eigenvalue weighted by Crippen LogP contribution is 2.27. The van der Waals surface area contributed by atoms with Crippen molar-refractivity contribution >= 4 is 11.5 Å². The Bertz CT molecular complexity index is 1050. The van der Waals surface area contributed by atoms with Gasteiger partial charge in [-0.25, -0.2) is 0 Å². The number of nitrogens with one attached hydrogen (secondary N) is 2. The molecule has 0 amide bonds. The number of furan rings is 1. The van der Waals surface area contributed by atoms with Crippen LogP contribution in [0, 0.1) is 0 Å². The van der Waals surface area contributed by atoms with Crippen molar-refractivity contribution < 1.29 is 23.7 Å². The fourth-order valence-corrected chi connectivity index (χ4v) is 2.80. The van der Waals surface area contributed by atoms with Crippen LogP contribution >= 0.6 is 0 Å². The molecule has 0 bridgehead atoms. The molecular weight excluding hydrogens is 450 g/mol. The van der Waals surface area contributed by atoms with Gasteiger partial charge in [-0.15, -0.1) is 10.2 Å². The molecule has 0 spiro atoms. The topological polar surface area (TPSA) is 123 Å². The Balaban J connectivity index is 1.40. The number of aliphatic hydroxyl groups is 1. The fraction of sp³-hybridized carbons (Fsp3) is 0.400. The molecule has 3 rings (SSSR count). The van der Waals surface area contributed by atoms with Crippen LogP contribution in [0.5, 0.6) is 17.4 Å². The monoisotopic (exact) mass is 483 g/mol. The number of rotatable bonds is 14. The van der Waals surface area contributed by atoms with Gasteiger partial charge < -0.3 is 29.1 Å². The molecular formula is C25H33N5O5. The second-order valence-corrected chi connectivity index (χ2v) is 8.76. The maximum atomic E-state index is 10.4. The van der Waals surface area contributed by atoms with E-state index in [0.29, 0.717) is 48.7 Å². The number of aliphatic hydroxyl groups excluding tert-OH is 1. The molecule has 2 heterocycles. The van der Waals surface area contributed by atoms with Crippen molar-refractivity contribution in [1.29, 1.82) is 0 Å². The highest BCUT2D eigenvalue weighted by molar-refractivity contribution is 5.79. The van der Waals surface area contributed by atoms with Gasteiger partial charge in [-0.1, -0.05) is 12.1 Å². The first-order chi connectivity index (χ1) is 16.8. The van der Waals surface area contributed by atoms with Crippen LogP contribution in [0.2, 0.25) is 0 Å². The molecule has 0 radical (unpaired) electrons. The molecule has 0 aliphatic carbocycles. The fourth-order valence-electron chi connectivity index (χ4n) is 2.80. The largest absolute Gasteiger partial charge is 0.487 e. The number of ether oxygens (including phenoxy) is 3. The van der Waals surface area contributed by atoms with E-state index in [0.717, 1.165) is 5.71 Å². The van der Waals surface area contributed by atoms with Gasteiger partial charge in [0.25, 0.3) is 0 Å². The first kappa shape index (κ1) is 26.0. The van der Waals surface area contributed by atoms with Crippen LogP contribution in [0.1, 0.15) is 33.5 Å². The molecule has 1 unspecified atom stereocenters. The molecule has 188 valence electrons. The lowest BCUT2D eigenvalue weighted by Gasteiger charge is -2.27. The minimum Gasteiger partial charge on any atom is -0.487 e. The third kappa shape index (κ3) is 9.26. The highest BCUT2D eigenvalue weighted by atomic mass is 16.5. The first-order valence-electron chi connectivity index (χ1n) is 11.3. The van der Waals surface area contributed by atoms with Crippen molar-refractivity contribution in [1.82, 2.24) is 15.5 Å². The van der Waals surface area contributed by atoms with E-state index in [4.69, 9.17) is 18.6 Å². The van der Waals surface area contributed by atoms with Crippen molar-refractivity contribution in [2.45, 2.75) is 45.9 Å². The summed E-state index contributed by atoms with van der Waals surface area (Å²) in [4.78, 5) is 0. The summed E-state index contributed by atoms with van der Waals surface area (Å²) in [5, 5.41) is 25.9. The normalized spacial score (nSPS) is 12.0. The van der Waals surface area contributed by atoms with Gasteiger partial charge in [-0.05, 0) is 58.0 Å². The summed E-state index contributed by atoms with van der Waals surface area (Å²) in [6.45, 7) is 8.75. The number of nitrogens with zero attached hydrogens (tertiary/aromatic N) is 3. The van der Waals surface area contributed by atoms with Gasteiger partial charge in [0.05, 0.1) is 6.26 Å². The Hall–Kier alpha value is -3.63. The Morgan fingerprint density at radius 2 is 1.80 bits per heavy atom. The Kier molecular flexibility index (Phi) is 9.45. The van der Waals surface area contributed by atoms with Crippen LogP contribution in [-0.4, -0.2) is 52.4 Å². The molecule has 0 saturated carbocycles. The molecule has 3 aromatic rings. The second-order valence-electron chi connectivity index (χ2n) is 8.76. The summed E-state index contributed by atoms with van der Waals surface area (Å²) in [5.41, 5.74) is 3.27. The van der Waals surface area contributed by atoms with E-state index in [1.807, 2.05) is 58.0 Å². The lowest BCUT2D eigenvalue weighted by molar-refractivity contribution is 0.0901. The first-order valence-corrected chi connectivity index (χ1v) is 11.3. The maximum Gasteiger partial charge on any atom is 0.233 e. The second kappa shape index (κ2) is 12.7. The lowest BCUT2D eigenvalue weighted by atomic mass is 10.1. The third-order valence-corrected chi connectivity index (χ3v) is 4.66. The van der Waals surface area contributed by atoms with Gasteiger partial charge in [0.2, 0.25) is 5.88 Å². The zero-order valence-corrected chi connectivity index (χ0v) is 20.5. The number of anilines is 1. The maximum absolute atomic E-state index is 10.4. The number of hydrogen-bond donors (Lipinski definition) is 3. The van der Waals surface area contributed by atoms with Crippen molar-refractivity contribution in [2.24, 2.45) is 5.10 Å². The number of hydrogen-bond acceptors (Lipinski definition) is 10. The van der Waals surface area contributed by atoms with Crippen molar-refractivity contribution in [3.63, 3.8) is 0 Å². The van der Waals surface area contributed by atoms with Crippen molar-refractivity contribution in [3.8, 4) is 17.4 Å². The van der Waals surface area contributed by atoms with Crippen molar-refractivity contribution in [3.05, 3.63) is 60.6 Å². The Labute approximate surface area is 205 Å². The molecule has 10 nitrogen and oxygen atoms in total. The standard InChI is InChI=1S/C25H33N5O5/c1-18(2)27-28-23-11-12-24(30-29-23)35-17-25(3,4)26-14-19(31)15-33-21-9-5-6-10-22(21)34-16-20-8-7-13-32-20/h5-13,19,26,31H,14-17H2,1-4H3,(H,28,29). The SMILES string of the molecule is CC(C)=NNc1ccc(OCC(C)(C)NCC(O)COc2ccccc2OCc2ccco2)nn1. The molecule has 0 saturated heterocycles. The van der Waals surface area contributed by atoms with Crippen LogP contribution in [0.4, 0.5) is 5.82 Å². The molecule has 3 N–H and O–H groups in total. The minimum absolute atomic E-state index is 0.102. The van der Waals surface area contributed by atoms with E-state index >= 15 is 0 Å². The van der Waals surface area contributed by atoms with Crippen molar-refractivity contribution in [2.75, 3.05) is 25.2 Å². The quantitative estimate of drug-likeness (QED) is 0.233. The van der Waals surface area contributed by atoms with Gasteiger partial charge >= 0.3 is 0 Å². The molecule has 0 aliphatic rings. The molecule has 35 heavy (non-hydrogen) atoms. The summed E-state index contributed by atoms with van der Waals surface area (Å²) >= 11 is 0. The zero-order valence-electron chi connectivity index (χ0n) is 20.5. The third-order valence-electron chi connectivity index (χ3n) is 4.66. The molecule has 10 heteroatoms. The van der Waals surface area contributed by atoms with E-state index in [9.17, 15) is 5.11 Å². The zero-order chi connectivity index (χ0) is 25.1.